The lowest BCUT2D eigenvalue weighted by Crippen LogP contribution is -2.39. The van der Waals surface area contributed by atoms with Gasteiger partial charge in [-0.3, -0.25) is 14.5 Å². The van der Waals surface area contributed by atoms with Gasteiger partial charge in [-0.05, 0) is 37.9 Å². The van der Waals surface area contributed by atoms with E-state index >= 15 is 0 Å². The number of carbonyl (C=O) groups is 2. The van der Waals surface area contributed by atoms with Gasteiger partial charge in [0.1, 0.15) is 5.75 Å². The van der Waals surface area contributed by atoms with E-state index in [4.69, 9.17) is 4.74 Å². The Morgan fingerprint density at radius 1 is 1.40 bits per heavy atom. The Morgan fingerprint density at radius 3 is 2.88 bits per heavy atom. The molecule has 2 N–H and O–H groups in total. The van der Waals surface area contributed by atoms with Crippen LogP contribution in [0, 0.1) is 0 Å². The summed E-state index contributed by atoms with van der Waals surface area (Å²) in [6.07, 6.45) is 4.93. The summed E-state index contributed by atoms with van der Waals surface area (Å²) >= 11 is 0. The summed E-state index contributed by atoms with van der Waals surface area (Å²) in [5, 5.41) is 5.77. The lowest BCUT2D eigenvalue weighted by molar-refractivity contribution is -0.120. The summed E-state index contributed by atoms with van der Waals surface area (Å²) in [5.74, 6) is 0.449. The van der Waals surface area contributed by atoms with Crippen LogP contribution in [0.2, 0.25) is 0 Å². The average Bonchev–Trinajstić information content (AvgIpc) is 3.05. The van der Waals surface area contributed by atoms with E-state index < -0.39 is 0 Å². The number of anilines is 2. The summed E-state index contributed by atoms with van der Waals surface area (Å²) in [6.45, 7) is 7.32. The predicted molar refractivity (Wildman–Crippen MR) is 100.0 cm³/mol. The van der Waals surface area contributed by atoms with Crippen molar-refractivity contribution in [3.8, 4) is 5.75 Å². The molecule has 1 atom stereocenters. The molecule has 1 heterocycles. The van der Waals surface area contributed by atoms with Gasteiger partial charge in [-0.2, -0.15) is 0 Å². The van der Waals surface area contributed by atoms with Crippen LogP contribution in [0.1, 0.15) is 32.6 Å². The number of methoxy groups -OCH3 is 1. The molecule has 136 valence electrons. The number of benzene rings is 1. The van der Waals surface area contributed by atoms with Gasteiger partial charge >= 0.3 is 0 Å². The number of hydrogen-bond donors (Lipinski definition) is 2. The summed E-state index contributed by atoms with van der Waals surface area (Å²) in [5.41, 5.74) is 1.26. The minimum Gasteiger partial charge on any atom is -0.494 e. The Morgan fingerprint density at radius 2 is 2.20 bits per heavy atom. The molecule has 0 spiro atoms. The molecule has 0 unspecified atom stereocenters. The van der Waals surface area contributed by atoms with Crippen molar-refractivity contribution in [2.45, 2.75) is 38.6 Å². The quantitative estimate of drug-likeness (QED) is 0.711. The summed E-state index contributed by atoms with van der Waals surface area (Å²) in [4.78, 5) is 26.4. The van der Waals surface area contributed by atoms with Gasteiger partial charge in [0.25, 0.3) is 0 Å². The third-order valence-electron chi connectivity index (χ3n) is 4.25. The molecule has 1 aromatic rings. The molecule has 2 rings (SSSR count). The fourth-order valence-corrected chi connectivity index (χ4v) is 3.04. The first-order chi connectivity index (χ1) is 12.1. The molecule has 1 aromatic carbocycles. The highest BCUT2D eigenvalue weighted by atomic mass is 16.5. The van der Waals surface area contributed by atoms with E-state index in [1.807, 2.05) is 13.0 Å². The van der Waals surface area contributed by atoms with Crippen molar-refractivity contribution in [2.24, 2.45) is 0 Å². The van der Waals surface area contributed by atoms with Gasteiger partial charge in [0.15, 0.2) is 0 Å². The van der Waals surface area contributed by atoms with Crippen LogP contribution in [-0.2, 0) is 9.59 Å². The Labute approximate surface area is 149 Å². The highest BCUT2D eigenvalue weighted by Gasteiger charge is 2.29. The van der Waals surface area contributed by atoms with E-state index in [1.54, 1.807) is 25.3 Å². The first-order valence-electron chi connectivity index (χ1n) is 8.72. The van der Waals surface area contributed by atoms with E-state index in [1.165, 1.54) is 0 Å². The van der Waals surface area contributed by atoms with Crippen LogP contribution in [0.3, 0.4) is 0 Å². The predicted octanol–water partition coefficient (Wildman–Crippen LogP) is 3.02. The maximum atomic E-state index is 12.5. The van der Waals surface area contributed by atoms with Crippen molar-refractivity contribution in [3.63, 3.8) is 0 Å². The number of likely N-dealkylation sites (tertiary alicyclic amines) is 1. The first kappa shape index (κ1) is 19.0. The van der Waals surface area contributed by atoms with Crippen molar-refractivity contribution in [1.29, 1.82) is 0 Å². The summed E-state index contributed by atoms with van der Waals surface area (Å²) in [6, 6.07) is 5.12. The zero-order valence-corrected chi connectivity index (χ0v) is 15.0. The zero-order chi connectivity index (χ0) is 18.2. The van der Waals surface area contributed by atoms with Gasteiger partial charge < -0.3 is 15.4 Å². The second-order valence-electron chi connectivity index (χ2n) is 6.14. The topological polar surface area (TPSA) is 70.7 Å². The lowest BCUT2D eigenvalue weighted by Gasteiger charge is -2.22. The van der Waals surface area contributed by atoms with E-state index in [0.29, 0.717) is 30.1 Å². The molecule has 0 saturated carbocycles. The maximum absolute atomic E-state index is 12.5. The van der Waals surface area contributed by atoms with Crippen LogP contribution in [0.5, 0.6) is 5.75 Å². The Bertz CT molecular complexity index is 630. The molecular weight excluding hydrogens is 318 g/mol. The van der Waals surface area contributed by atoms with E-state index in [2.05, 4.69) is 22.1 Å². The molecule has 0 radical (unpaired) electrons. The minimum absolute atomic E-state index is 0.0239. The number of hydrogen-bond acceptors (Lipinski definition) is 4. The number of rotatable bonds is 8. The van der Waals surface area contributed by atoms with Gasteiger partial charge in [-0.25, -0.2) is 0 Å². The normalized spacial score (nSPS) is 17.1. The molecule has 1 aliphatic rings. The van der Waals surface area contributed by atoms with Gasteiger partial charge in [-0.15, -0.1) is 6.58 Å². The van der Waals surface area contributed by atoms with E-state index in [-0.39, 0.29) is 17.9 Å². The summed E-state index contributed by atoms with van der Waals surface area (Å²) < 4.78 is 5.34. The highest BCUT2D eigenvalue weighted by molar-refractivity contribution is 5.96. The third kappa shape index (κ3) is 5.06. The molecule has 0 bridgehead atoms. The number of carbonyl (C=O) groups excluding carboxylic acids is 2. The van der Waals surface area contributed by atoms with Gasteiger partial charge in [0.2, 0.25) is 11.8 Å². The largest absolute Gasteiger partial charge is 0.494 e. The smallest absolute Gasteiger partial charge is 0.241 e. The Balaban J connectivity index is 2.05. The molecule has 6 heteroatoms. The molecule has 0 aromatic heterocycles. The fourth-order valence-electron chi connectivity index (χ4n) is 3.04. The second-order valence-corrected chi connectivity index (χ2v) is 6.14. The molecule has 1 saturated heterocycles. The van der Waals surface area contributed by atoms with E-state index in [0.717, 1.165) is 25.8 Å². The van der Waals surface area contributed by atoms with Gasteiger partial charge in [0.05, 0.1) is 18.8 Å². The lowest BCUT2D eigenvalue weighted by atomic mass is 10.2. The molecule has 2 amide bonds. The number of ether oxygens (including phenoxy) is 1. The molecule has 1 aliphatic heterocycles. The van der Waals surface area contributed by atoms with Crippen molar-refractivity contribution in [2.75, 3.05) is 30.8 Å². The van der Waals surface area contributed by atoms with Crippen LogP contribution in [0.4, 0.5) is 11.4 Å². The van der Waals surface area contributed by atoms with Crippen molar-refractivity contribution in [3.05, 3.63) is 30.9 Å². The fraction of sp³-hybridized carbons (Fsp3) is 0.474. The Kier molecular flexibility index (Phi) is 7.01. The minimum atomic E-state index is -0.132. The van der Waals surface area contributed by atoms with Crippen LogP contribution in [-0.4, -0.2) is 43.0 Å². The molecule has 1 fully saturated rings. The Hall–Kier alpha value is -2.34. The SMILES string of the molecule is C=CCN1CCC[C@H]1C(=O)Nc1ccc(NC(=O)CCC)c(OC)c1. The molecule has 6 nitrogen and oxygen atoms in total. The number of nitrogens with zero attached hydrogens (tertiary/aromatic N) is 1. The second kappa shape index (κ2) is 9.22. The van der Waals surface area contributed by atoms with Crippen LogP contribution < -0.4 is 15.4 Å². The number of amides is 2. The third-order valence-corrected chi connectivity index (χ3v) is 4.25. The molecule has 25 heavy (non-hydrogen) atoms. The monoisotopic (exact) mass is 345 g/mol. The molecular formula is C19H27N3O3. The van der Waals surface area contributed by atoms with E-state index in [9.17, 15) is 9.59 Å². The highest BCUT2D eigenvalue weighted by Crippen LogP contribution is 2.29. The van der Waals surface area contributed by atoms with Crippen LogP contribution in [0.25, 0.3) is 0 Å². The summed E-state index contributed by atoms with van der Waals surface area (Å²) in [7, 11) is 1.54. The van der Waals surface area contributed by atoms with Crippen LogP contribution in [0.15, 0.2) is 30.9 Å². The van der Waals surface area contributed by atoms with Crippen molar-refractivity contribution >= 4 is 23.2 Å². The van der Waals surface area contributed by atoms with Crippen LogP contribution >= 0.6 is 0 Å². The van der Waals surface area contributed by atoms with Crippen molar-refractivity contribution < 1.29 is 14.3 Å². The van der Waals surface area contributed by atoms with Gasteiger partial charge in [0, 0.05) is 24.7 Å². The molecule has 0 aliphatic carbocycles. The standard InChI is InChI=1S/C19H27N3O3/c1-4-7-18(23)21-15-10-9-14(13-17(15)25-3)20-19(24)16-8-6-12-22(16)11-5-2/h5,9-10,13,16H,2,4,6-8,11-12H2,1,3H3,(H,20,24)(H,21,23)/t16-/m0/s1. The van der Waals surface area contributed by atoms with Crippen molar-refractivity contribution in [1.82, 2.24) is 4.90 Å². The average molecular weight is 345 g/mol. The van der Waals surface area contributed by atoms with Gasteiger partial charge in [-0.1, -0.05) is 13.0 Å². The maximum Gasteiger partial charge on any atom is 0.241 e. The zero-order valence-electron chi connectivity index (χ0n) is 15.0. The number of nitrogens with one attached hydrogen (secondary N) is 2. The first-order valence-corrected chi connectivity index (χ1v) is 8.72.